The molecule has 3 nitrogen and oxygen atoms in total. The molecule has 0 radical (unpaired) electrons. The lowest BCUT2D eigenvalue weighted by molar-refractivity contribution is -0.124. The van der Waals surface area contributed by atoms with E-state index in [1.165, 1.54) is 5.56 Å². The van der Waals surface area contributed by atoms with Crippen LogP contribution in [0.1, 0.15) is 24.3 Å². The number of rotatable bonds is 2. The summed E-state index contributed by atoms with van der Waals surface area (Å²) >= 11 is 0. The number of carbonyl (C=O) groups excluding carboxylic acids is 1. The third-order valence-electron chi connectivity index (χ3n) is 2.86. The van der Waals surface area contributed by atoms with Crippen LogP contribution < -0.4 is 5.32 Å². The van der Waals surface area contributed by atoms with E-state index in [0.717, 1.165) is 6.42 Å². The predicted octanol–water partition coefficient (Wildman–Crippen LogP) is 1.04. The Morgan fingerprint density at radius 1 is 1.33 bits per heavy atom. The summed E-state index contributed by atoms with van der Waals surface area (Å²) in [6.45, 7) is 0.0229. The number of hydrogen-bond acceptors (Lipinski definition) is 2. The average Bonchev–Trinajstić information content (AvgIpc) is 2.29. The van der Waals surface area contributed by atoms with E-state index in [9.17, 15) is 4.79 Å². The van der Waals surface area contributed by atoms with Crippen LogP contribution in [0.15, 0.2) is 30.3 Å². The Kier molecular flexibility index (Phi) is 3.02. The number of piperidine rings is 1. The predicted molar refractivity (Wildman–Crippen MR) is 57.4 cm³/mol. The highest BCUT2D eigenvalue weighted by Crippen LogP contribution is 2.27. The van der Waals surface area contributed by atoms with Crippen LogP contribution in [0.5, 0.6) is 0 Å². The molecule has 3 heteroatoms. The zero-order chi connectivity index (χ0) is 10.7. The second-order valence-corrected chi connectivity index (χ2v) is 3.99. The van der Waals surface area contributed by atoms with Gasteiger partial charge in [-0.25, -0.2) is 0 Å². The van der Waals surface area contributed by atoms with Crippen molar-refractivity contribution in [3.8, 4) is 0 Å². The van der Waals surface area contributed by atoms with Gasteiger partial charge in [-0.1, -0.05) is 30.3 Å². The molecule has 1 heterocycles. The molecule has 1 aromatic rings. The van der Waals surface area contributed by atoms with Crippen LogP contribution in [0.3, 0.4) is 0 Å². The first-order chi connectivity index (χ1) is 7.29. The Balaban J connectivity index is 2.12. The number of hydrogen-bond donors (Lipinski definition) is 2. The second kappa shape index (κ2) is 4.45. The molecule has 1 aromatic carbocycles. The largest absolute Gasteiger partial charge is 0.394 e. The lowest BCUT2D eigenvalue weighted by atomic mass is 9.86. The van der Waals surface area contributed by atoms with Gasteiger partial charge in [-0.05, 0) is 17.9 Å². The molecule has 0 saturated carbocycles. The molecule has 1 aliphatic heterocycles. The van der Waals surface area contributed by atoms with Crippen molar-refractivity contribution >= 4 is 5.91 Å². The van der Waals surface area contributed by atoms with Crippen molar-refractivity contribution in [3.05, 3.63) is 35.9 Å². The number of benzene rings is 1. The van der Waals surface area contributed by atoms with Crippen LogP contribution in [0.4, 0.5) is 0 Å². The molecule has 15 heavy (non-hydrogen) atoms. The molecule has 2 N–H and O–H groups in total. The number of amides is 1. The van der Waals surface area contributed by atoms with Gasteiger partial charge in [0.15, 0.2) is 0 Å². The average molecular weight is 205 g/mol. The summed E-state index contributed by atoms with van der Waals surface area (Å²) in [5, 5.41) is 11.8. The van der Waals surface area contributed by atoms with Gasteiger partial charge < -0.3 is 10.4 Å². The molecule has 0 spiro atoms. The molecule has 2 unspecified atom stereocenters. The number of carbonyl (C=O) groups is 1. The molecule has 80 valence electrons. The Morgan fingerprint density at radius 3 is 2.73 bits per heavy atom. The Labute approximate surface area is 89.1 Å². The Hall–Kier alpha value is -1.35. The van der Waals surface area contributed by atoms with Crippen molar-refractivity contribution < 1.29 is 9.90 Å². The molecule has 0 aromatic heterocycles. The molecule has 1 amide bonds. The van der Waals surface area contributed by atoms with Gasteiger partial charge in [-0.15, -0.1) is 0 Å². The van der Waals surface area contributed by atoms with Crippen molar-refractivity contribution in [2.24, 2.45) is 0 Å². The summed E-state index contributed by atoms with van der Waals surface area (Å²) in [7, 11) is 0. The van der Waals surface area contributed by atoms with Gasteiger partial charge in [0.05, 0.1) is 12.6 Å². The first-order valence-corrected chi connectivity index (χ1v) is 5.24. The highest BCUT2D eigenvalue weighted by Gasteiger charge is 2.26. The molecule has 1 saturated heterocycles. The van der Waals surface area contributed by atoms with E-state index >= 15 is 0 Å². The summed E-state index contributed by atoms with van der Waals surface area (Å²) in [5.74, 6) is 0.284. The standard InChI is InChI=1S/C12H15NO2/c14-8-11-6-10(7-12(15)13-11)9-4-2-1-3-5-9/h1-5,10-11,14H,6-8H2,(H,13,15). The van der Waals surface area contributed by atoms with Crippen LogP contribution in [0, 0.1) is 0 Å². The van der Waals surface area contributed by atoms with Crippen molar-refractivity contribution in [1.82, 2.24) is 5.32 Å². The zero-order valence-electron chi connectivity index (χ0n) is 8.52. The van der Waals surface area contributed by atoms with Crippen LogP contribution >= 0.6 is 0 Å². The fourth-order valence-electron chi connectivity index (χ4n) is 2.10. The van der Waals surface area contributed by atoms with E-state index < -0.39 is 0 Å². The normalized spacial score (nSPS) is 26.1. The molecule has 2 rings (SSSR count). The van der Waals surface area contributed by atoms with E-state index in [1.807, 2.05) is 30.3 Å². The minimum absolute atomic E-state index is 0.0229. The maximum atomic E-state index is 11.4. The monoisotopic (exact) mass is 205 g/mol. The summed E-state index contributed by atoms with van der Waals surface area (Å²) in [5.41, 5.74) is 1.19. The lowest BCUT2D eigenvalue weighted by Gasteiger charge is -2.28. The molecule has 0 bridgehead atoms. The van der Waals surface area contributed by atoms with Gasteiger partial charge in [0.25, 0.3) is 0 Å². The minimum Gasteiger partial charge on any atom is -0.394 e. The SMILES string of the molecule is O=C1CC(c2ccccc2)CC(CO)N1. The topological polar surface area (TPSA) is 49.3 Å². The Morgan fingerprint density at radius 2 is 2.07 bits per heavy atom. The van der Waals surface area contributed by atoms with Gasteiger partial charge in [-0.3, -0.25) is 4.79 Å². The van der Waals surface area contributed by atoms with E-state index in [1.54, 1.807) is 0 Å². The number of aliphatic hydroxyl groups is 1. The zero-order valence-corrected chi connectivity index (χ0v) is 8.52. The molecular weight excluding hydrogens is 190 g/mol. The number of nitrogens with one attached hydrogen (secondary N) is 1. The van der Waals surface area contributed by atoms with Crippen LogP contribution in [-0.2, 0) is 4.79 Å². The quantitative estimate of drug-likeness (QED) is 0.758. The van der Waals surface area contributed by atoms with Gasteiger partial charge in [-0.2, -0.15) is 0 Å². The number of aliphatic hydroxyl groups excluding tert-OH is 1. The van der Waals surface area contributed by atoms with Gasteiger partial charge in [0, 0.05) is 6.42 Å². The van der Waals surface area contributed by atoms with Gasteiger partial charge >= 0.3 is 0 Å². The summed E-state index contributed by atoms with van der Waals surface area (Å²) in [6.07, 6.45) is 1.35. The third kappa shape index (κ3) is 2.36. The first-order valence-electron chi connectivity index (χ1n) is 5.24. The first kappa shape index (κ1) is 10.2. The van der Waals surface area contributed by atoms with E-state index in [-0.39, 0.29) is 24.5 Å². The lowest BCUT2D eigenvalue weighted by Crippen LogP contribution is -2.43. The van der Waals surface area contributed by atoms with E-state index in [2.05, 4.69) is 5.32 Å². The molecule has 2 atom stereocenters. The van der Waals surface area contributed by atoms with Gasteiger partial charge in [0.2, 0.25) is 5.91 Å². The summed E-state index contributed by atoms with van der Waals surface area (Å²) < 4.78 is 0. The van der Waals surface area contributed by atoms with Crippen LogP contribution in [0.25, 0.3) is 0 Å². The molecule has 1 aliphatic rings. The van der Waals surface area contributed by atoms with Crippen molar-refractivity contribution in [2.45, 2.75) is 24.8 Å². The van der Waals surface area contributed by atoms with Crippen molar-refractivity contribution in [3.63, 3.8) is 0 Å². The smallest absolute Gasteiger partial charge is 0.220 e. The molecular formula is C12H15NO2. The maximum absolute atomic E-state index is 11.4. The fourth-order valence-corrected chi connectivity index (χ4v) is 2.10. The molecule has 0 aliphatic carbocycles. The van der Waals surface area contributed by atoms with Crippen LogP contribution in [-0.4, -0.2) is 23.7 Å². The van der Waals surface area contributed by atoms with E-state index in [0.29, 0.717) is 6.42 Å². The second-order valence-electron chi connectivity index (χ2n) is 3.99. The van der Waals surface area contributed by atoms with Crippen molar-refractivity contribution in [1.29, 1.82) is 0 Å². The van der Waals surface area contributed by atoms with Gasteiger partial charge in [0.1, 0.15) is 0 Å². The highest BCUT2D eigenvalue weighted by molar-refractivity contribution is 5.78. The minimum atomic E-state index is -0.0866. The van der Waals surface area contributed by atoms with Crippen molar-refractivity contribution in [2.75, 3.05) is 6.61 Å². The van der Waals surface area contributed by atoms with Crippen LogP contribution in [0.2, 0.25) is 0 Å². The maximum Gasteiger partial charge on any atom is 0.220 e. The Bertz CT molecular complexity index is 337. The summed E-state index contributed by atoms with van der Waals surface area (Å²) in [6, 6.07) is 9.92. The highest BCUT2D eigenvalue weighted by atomic mass is 16.3. The fraction of sp³-hybridized carbons (Fsp3) is 0.417. The molecule has 1 fully saturated rings. The third-order valence-corrected chi connectivity index (χ3v) is 2.86. The van der Waals surface area contributed by atoms with E-state index in [4.69, 9.17) is 5.11 Å². The summed E-state index contributed by atoms with van der Waals surface area (Å²) in [4.78, 5) is 11.4.